The van der Waals surface area contributed by atoms with E-state index in [9.17, 15) is 9.59 Å². The van der Waals surface area contributed by atoms with Crippen molar-refractivity contribution >= 4 is 34.7 Å². The number of fused-ring (bicyclic) bond motifs is 1. The SMILES string of the molecule is CN(CC(=O)NC(C)(C)C)C(=O)CSc1nc2ccccc2o1. The summed E-state index contributed by atoms with van der Waals surface area (Å²) in [6.45, 7) is 5.73. The number of carbonyl (C=O) groups excluding carboxylic acids is 2. The van der Waals surface area contributed by atoms with Crippen molar-refractivity contribution in [3.05, 3.63) is 24.3 Å². The molecule has 0 saturated heterocycles. The Kier molecular flexibility index (Phi) is 5.30. The number of likely N-dealkylation sites (N-methyl/N-ethyl adjacent to an activating group) is 1. The molecule has 0 spiro atoms. The number of para-hydroxylation sites is 2. The van der Waals surface area contributed by atoms with Gasteiger partial charge in [-0.1, -0.05) is 23.9 Å². The molecule has 23 heavy (non-hydrogen) atoms. The van der Waals surface area contributed by atoms with Gasteiger partial charge in [-0.25, -0.2) is 4.98 Å². The Morgan fingerprint density at radius 2 is 2.00 bits per heavy atom. The van der Waals surface area contributed by atoms with Crippen LogP contribution in [0.4, 0.5) is 0 Å². The average Bonchev–Trinajstić information content (AvgIpc) is 2.85. The maximum Gasteiger partial charge on any atom is 0.257 e. The first-order valence-corrected chi connectivity index (χ1v) is 8.26. The normalized spacial score (nSPS) is 11.5. The largest absolute Gasteiger partial charge is 0.431 e. The smallest absolute Gasteiger partial charge is 0.257 e. The van der Waals surface area contributed by atoms with Crippen molar-refractivity contribution in [2.24, 2.45) is 0 Å². The van der Waals surface area contributed by atoms with Gasteiger partial charge in [-0.15, -0.1) is 0 Å². The molecule has 2 rings (SSSR count). The van der Waals surface area contributed by atoms with E-state index in [2.05, 4.69) is 10.3 Å². The highest BCUT2D eigenvalue weighted by atomic mass is 32.2. The van der Waals surface area contributed by atoms with Crippen LogP contribution in [0.3, 0.4) is 0 Å². The molecule has 6 nitrogen and oxygen atoms in total. The first-order valence-electron chi connectivity index (χ1n) is 7.28. The van der Waals surface area contributed by atoms with Crippen molar-refractivity contribution in [1.82, 2.24) is 15.2 Å². The van der Waals surface area contributed by atoms with Crippen molar-refractivity contribution in [2.45, 2.75) is 31.5 Å². The summed E-state index contributed by atoms with van der Waals surface area (Å²) in [5.41, 5.74) is 1.15. The maximum absolute atomic E-state index is 12.1. The molecule has 1 aromatic heterocycles. The fourth-order valence-corrected chi connectivity index (χ4v) is 2.69. The molecule has 2 aromatic rings. The summed E-state index contributed by atoms with van der Waals surface area (Å²) < 4.78 is 5.55. The van der Waals surface area contributed by atoms with Gasteiger partial charge in [0.25, 0.3) is 5.22 Å². The first kappa shape index (κ1) is 17.3. The van der Waals surface area contributed by atoms with Crippen LogP contribution in [0.1, 0.15) is 20.8 Å². The van der Waals surface area contributed by atoms with Crippen molar-refractivity contribution in [3.8, 4) is 0 Å². The van der Waals surface area contributed by atoms with Gasteiger partial charge >= 0.3 is 0 Å². The quantitative estimate of drug-likeness (QED) is 0.849. The summed E-state index contributed by atoms with van der Waals surface area (Å²) in [5.74, 6) is -0.159. The molecule has 0 aliphatic carbocycles. The predicted octanol–water partition coefficient (Wildman–Crippen LogP) is 2.29. The number of nitrogens with zero attached hydrogens (tertiary/aromatic N) is 2. The van der Waals surface area contributed by atoms with Crippen molar-refractivity contribution in [1.29, 1.82) is 0 Å². The Labute approximate surface area is 139 Å². The van der Waals surface area contributed by atoms with Gasteiger partial charge in [0, 0.05) is 12.6 Å². The lowest BCUT2D eigenvalue weighted by Crippen LogP contribution is -2.46. The van der Waals surface area contributed by atoms with Crippen molar-refractivity contribution in [3.63, 3.8) is 0 Å². The summed E-state index contributed by atoms with van der Waals surface area (Å²) in [4.78, 5) is 29.6. The second-order valence-corrected chi connectivity index (χ2v) is 7.21. The van der Waals surface area contributed by atoms with Crippen LogP contribution in [0.15, 0.2) is 33.9 Å². The number of carbonyl (C=O) groups is 2. The highest BCUT2D eigenvalue weighted by molar-refractivity contribution is 7.99. The molecule has 0 aliphatic heterocycles. The molecule has 0 aliphatic rings. The Morgan fingerprint density at radius 3 is 2.65 bits per heavy atom. The molecule has 2 amide bonds. The Hall–Kier alpha value is -2.02. The van der Waals surface area contributed by atoms with Gasteiger partial charge in [0.05, 0.1) is 12.3 Å². The fraction of sp³-hybridized carbons (Fsp3) is 0.438. The molecular weight excluding hydrogens is 314 g/mol. The second kappa shape index (κ2) is 7.04. The highest BCUT2D eigenvalue weighted by Crippen LogP contribution is 2.23. The molecule has 0 unspecified atom stereocenters. The summed E-state index contributed by atoms with van der Waals surface area (Å²) in [5, 5.41) is 3.28. The Morgan fingerprint density at radius 1 is 1.30 bits per heavy atom. The number of aromatic nitrogens is 1. The molecule has 0 atom stereocenters. The molecule has 7 heteroatoms. The minimum absolute atomic E-state index is 0.0320. The van der Waals surface area contributed by atoms with E-state index < -0.39 is 0 Å². The van der Waals surface area contributed by atoms with E-state index in [1.165, 1.54) is 16.7 Å². The Bertz CT molecular complexity index is 673. The number of hydrogen-bond donors (Lipinski definition) is 1. The van der Waals surface area contributed by atoms with E-state index in [0.717, 1.165) is 5.52 Å². The van der Waals surface area contributed by atoms with E-state index in [4.69, 9.17) is 4.42 Å². The second-order valence-electron chi connectivity index (χ2n) is 6.28. The number of amides is 2. The van der Waals surface area contributed by atoms with Crippen molar-refractivity contribution < 1.29 is 14.0 Å². The zero-order valence-corrected chi connectivity index (χ0v) is 14.6. The van der Waals surface area contributed by atoms with Gasteiger partial charge in [0.1, 0.15) is 5.52 Å². The third kappa shape index (κ3) is 5.28. The van der Waals surface area contributed by atoms with E-state index in [0.29, 0.717) is 10.8 Å². The van der Waals surface area contributed by atoms with Crippen LogP contribution >= 0.6 is 11.8 Å². The van der Waals surface area contributed by atoms with Crippen LogP contribution in [-0.2, 0) is 9.59 Å². The standard InChI is InChI=1S/C16H21N3O3S/c1-16(2,3)18-13(20)9-19(4)14(21)10-23-15-17-11-7-5-6-8-12(11)22-15/h5-8H,9-10H2,1-4H3,(H,18,20). The zero-order chi connectivity index (χ0) is 17.0. The topological polar surface area (TPSA) is 75.4 Å². The van der Waals surface area contributed by atoms with Gasteiger partial charge in [0.15, 0.2) is 5.58 Å². The van der Waals surface area contributed by atoms with Crippen LogP contribution in [0.5, 0.6) is 0 Å². The van der Waals surface area contributed by atoms with Gasteiger partial charge in [0.2, 0.25) is 11.8 Å². The maximum atomic E-state index is 12.1. The number of nitrogens with one attached hydrogen (secondary N) is 1. The van der Waals surface area contributed by atoms with Gasteiger partial charge in [-0.3, -0.25) is 9.59 Å². The summed E-state index contributed by atoms with van der Waals surface area (Å²) in [6.07, 6.45) is 0. The Balaban J connectivity index is 1.85. The van der Waals surface area contributed by atoms with Gasteiger partial charge in [-0.05, 0) is 32.9 Å². The predicted molar refractivity (Wildman–Crippen MR) is 90.3 cm³/mol. The van der Waals surface area contributed by atoms with E-state index in [1.807, 2.05) is 45.0 Å². The zero-order valence-electron chi connectivity index (χ0n) is 13.8. The molecule has 1 aromatic carbocycles. The number of benzene rings is 1. The minimum Gasteiger partial charge on any atom is -0.431 e. The van der Waals surface area contributed by atoms with Gasteiger partial charge in [-0.2, -0.15) is 0 Å². The van der Waals surface area contributed by atoms with Crippen LogP contribution in [0.25, 0.3) is 11.1 Å². The third-order valence-corrected chi connectivity index (χ3v) is 3.73. The molecule has 1 heterocycles. The molecule has 0 saturated carbocycles. The lowest BCUT2D eigenvalue weighted by molar-refractivity contribution is -0.133. The monoisotopic (exact) mass is 335 g/mol. The molecular formula is C16H21N3O3S. The van der Waals surface area contributed by atoms with Gasteiger partial charge < -0.3 is 14.6 Å². The van der Waals surface area contributed by atoms with Crippen LogP contribution in [-0.4, -0.2) is 46.6 Å². The van der Waals surface area contributed by atoms with E-state index in [-0.39, 0.29) is 29.7 Å². The summed E-state index contributed by atoms with van der Waals surface area (Å²) in [6, 6.07) is 7.44. The summed E-state index contributed by atoms with van der Waals surface area (Å²) in [7, 11) is 1.61. The highest BCUT2D eigenvalue weighted by Gasteiger charge is 2.18. The third-order valence-electron chi connectivity index (χ3n) is 2.91. The lowest BCUT2D eigenvalue weighted by Gasteiger charge is -2.23. The number of oxazole rings is 1. The van der Waals surface area contributed by atoms with Crippen LogP contribution < -0.4 is 5.32 Å². The minimum atomic E-state index is -0.312. The lowest BCUT2D eigenvalue weighted by atomic mass is 10.1. The molecule has 124 valence electrons. The molecule has 0 bridgehead atoms. The summed E-state index contributed by atoms with van der Waals surface area (Å²) >= 11 is 1.22. The average molecular weight is 335 g/mol. The fourth-order valence-electron chi connectivity index (χ4n) is 1.91. The first-order chi connectivity index (χ1) is 10.7. The van der Waals surface area contributed by atoms with E-state index >= 15 is 0 Å². The molecule has 0 fully saturated rings. The number of rotatable bonds is 5. The number of hydrogen-bond acceptors (Lipinski definition) is 5. The molecule has 0 radical (unpaired) electrons. The van der Waals surface area contributed by atoms with Crippen LogP contribution in [0.2, 0.25) is 0 Å². The number of thioether (sulfide) groups is 1. The van der Waals surface area contributed by atoms with E-state index in [1.54, 1.807) is 7.05 Å². The van der Waals surface area contributed by atoms with Crippen LogP contribution in [0, 0.1) is 0 Å². The van der Waals surface area contributed by atoms with Crippen molar-refractivity contribution in [2.75, 3.05) is 19.3 Å². The molecule has 1 N–H and O–H groups in total.